The van der Waals surface area contributed by atoms with Crippen LogP contribution in [-0.2, 0) is 4.45 Å². The number of aromatic nitrogens is 3. The van der Waals surface area contributed by atoms with Crippen molar-refractivity contribution in [2.75, 3.05) is 0 Å². The number of hydrogen-bond acceptors (Lipinski definition) is 4. The summed E-state index contributed by atoms with van der Waals surface area (Å²) < 4.78 is 2.03. The van der Waals surface area contributed by atoms with Gasteiger partial charge in [0, 0.05) is 0 Å². The lowest BCUT2D eigenvalue weighted by molar-refractivity contribution is -0.0736. The molecule has 5 rings (SSSR count). The van der Waals surface area contributed by atoms with Crippen LogP contribution in [0.25, 0.3) is 5.69 Å². The Morgan fingerprint density at radius 2 is 1.77 bits per heavy atom. The molecule has 3 aliphatic rings. The number of fused-ring (bicyclic) bond motifs is 1. The minimum Gasteiger partial charge on any atom is -0.388 e. The molecule has 2 bridgehead atoms. The van der Waals surface area contributed by atoms with Crippen LogP contribution in [0.5, 0.6) is 0 Å². The third-order valence-corrected chi connectivity index (χ3v) is 5.28. The Labute approximate surface area is 132 Å². The fraction of sp³-hybridized carbons (Fsp3) is 0.286. The molecule has 1 aromatic heterocycles. The Morgan fingerprint density at radius 1 is 1.09 bits per heavy atom. The van der Waals surface area contributed by atoms with Gasteiger partial charge in [0.1, 0.15) is 18.2 Å². The van der Waals surface area contributed by atoms with Crippen LogP contribution in [0.2, 0.25) is 0 Å². The predicted molar refractivity (Wildman–Crippen MR) is 81.4 cm³/mol. The Balaban J connectivity index is 2.08. The lowest BCUT2D eigenvalue weighted by atomic mass is 9.90. The van der Waals surface area contributed by atoms with Crippen LogP contribution >= 0.6 is 15.9 Å². The van der Waals surface area contributed by atoms with E-state index in [1.54, 1.807) is 42.5 Å². The number of para-hydroxylation sites is 1. The molecule has 0 fully saturated rings. The van der Waals surface area contributed by atoms with Crippen LogP contribution in [0, 0.1) is 0 Å². The molecule has 2 aliphatic heterocycles. The van der Waals surface area contributed by atoms with E-state index in [-0.39, 0.29) is 0 Å². The maximum Gasteiger partial charge on any atom is 0.353 e. The zero-order chi connectivity index (χ0) is 15.6. The van der Waals surface area contributed by atoms with Crippen molar-refractivity contribution in [3.05, 3.63) is 63.5 Å². The van der Waals surface area contributed by atoms with Crippen molar-refractivity contribution in [2.24, 2.45) is 0 Å². The molecular formula is C14H12BrN3O4. The van der Waals surface area contributed by atoms with E-state index in [1.165, 1.54) is 4.68 Å². The molecule has 0 saturated heterocycles. The van der Waals surface area contributed by atoms with Crippen molar-refractivity contribution in [3.63, 3.8) is 0 Å². The van der Waals surface area contributed by atoms with Gasteiger partial charge in [0.05, 0.1) is 5.69 Å². The number of hydrogen-bond donors (Lipinski definition) is 2. The number of benzene rings is 1. The van der Waals surface area contributed by atoms with Gasteiger partial charge in [-0.05, 0) is 18.2 Å². The SMILES string of the molecule is O=c1n(-c2ccccc2)c(=O)n2n1[C@@H]1C=C[C@@]2(Br)[C@H](O)[C@@H]1O. The van der Waals surface area contributed by atoms with Crippen LogP contribution in [0.4, 0.5) is 0 Å². The summed E-state index contributed by atoms with van der Waals surface area (Å²) in [6.45, 7) is 0. The molecule has 0 amide bonds. The lowest BCUT2D eigenvalue weighted by Crippen LogP contribution is -2.62. The second-order valence-electron chi connectivity index (χ2n) is 5.41. The maximum atomic E-state index is 12.7. The molecule has 3 heterocycles. The largest absolute Gasteiger partial charge is 0.388 e. The van der Waals surface area contributed by atoms with Crippen LogP contribution in [-0.4, -0.2) is 36.4 Å². The maximum absolute atomic E-state index is 12.7. The van der Waals surface area contributed by atoms with E-state index in [9.17, 15) is 19.8 Å². The van der Waals surface area contributed by atoms with E-state index in [0.717, 1.165) is 9.25 Å². The fourth-order valence-corrected chi connectivity index (χ4v) is 3.87. The van der Waals surface area contributed by atoms with Crippen LogP contribution < -0.4 is 11.4 Å². The minimum absolute atomic E-state index is 0.436. The average molecular weight is 366 g/mol. The lowest BCUT2D eigenvalue weighted by Gasteiger charge is -2.46. The first-order valence-corrected chi connectivity index (χ1v) is 7.53. The summed E-state index contributed by atoms with van der Waals surface area (Å²) in [5.41, 5.74) is -0.694. The molecule has 0 spiro atoms. The highest BCUT2D eigenvalue weighted by atomic mass is 79.9. The van der Waals surface area contributed by atoms with Crippen LogP contribution in [0.15, 0.2) is 52.1 Å². The van der Waals surface area contributed by atoms with E-state index in [0.29, 0.717) is 5.69 Å². The summed E-state index contributed by atoms with van der Waals surface area (Å²) in [5.74, 6) is 0. The first-order valence-electron chi connectivity index (χ1n) is 6.73. The summed E-state index contributed by atoms with van der Waals surface area (Å²) in [6.07, 6.45) is 0.799. The fourth-order valence-electron chi connectivity index (χ4n) is 3.12. The first-order chi connectivity index (χ1) is 10.5. The molecule has 0 radical (unpaired) electrons. The van der Waals surface area contributed by atoms with Gasteiger partial charge in [0.25, 0.3) is 0 Å². The molecule has 0 unspecified atom stereocenters. The highest BCUT2D eigenvalue weighted by molar-refractivity contribution is 9.09. The van der Waals surface area contributed by atoms with Gasteiger partial charge in [-0.25, -0.2) is 23.5 Å². The van der Waals surface area contributed by atoms with E-state index < -0.39 is 34.1 Å². The Hall–Kier alpha value is -1.90. The molecule has 0 saturated carbocycles. The van der Waals surface area contributed by atoms with E-state index in [2.05, 4.69) is 15.9 Å². The van der Waals surface area contributed by atoms with Crippen LogP contribution in [0.1, 0.15) is 6.04 Å². The normalized spacial score (nSPS) is 32.2. The average Bonchev–Trinajstić information content (AvgIpc) is 2.79. The third kappa shape index (κ3) is 1.47. The second-order valence-corrected chi connectivity index (χ2v) is 6.68. The molecular weight excluding hydrogens is 354 g/mol. The number of rotatable bonds is 1. The summed E-state index contributed by atoms with van der Waals surface area (Å²) in [6, 6.07) is 7.76. The molecule has 22 heavy (non-hydrogen) atoms. The number of nitrogens with zero attached hydrogens (tertiary/aromatic N) is 3. The number of alkyl halides is 1. The van der Waals surface area contributed by atoms with Gasteiger partial charge in [-0.15, -0.1) is 0 Å². The van der Waals surface area contributed by atoms with E-state index in [4.69, 9.17) is 0 Å². The van der Waals surface area contributed by atoms with Gasteiger partial charge in [-0.3, -0.25) is 0 Å². The van der Waals surface area contributed by atoms with Gasteiger partial charge in [0.15, 0.2) is 4.45 Å². The molecule has 4 atom stereocenters. The zero-order valence-electron chi connectivity index (χ0n) is 11.2. The smallest absolute Gasteiger partial charge is 0.353 e. The van der Waals surface area contributed by atoms with Gasteiger partial charge < -0.3 is 10.2 Å². The topological polar surface area (TPSA) is 89.4 Å². The van der Waals surface area contributed by atoms with Crippen molar-refractivity contribution in [2.45, 2.75) is 22.7 Å². The highest BCUT2D eigenvalue weighted by Crippen LogP contribution is 2.43. The minimum atomic E-state index is -1.34. The summed E-state index contributed by atoms with van der Waals surface area (Å²) in [4.78, 5) is 25.4. The summed E-state index contributed by atoms with van der Waals surface area (Å²) in [7, 11) is 0. The Morgan fingerprint density at radius 3 is 2.45 bits per heavy atom. The second kappa shape index (κ2) is 4.31. The number of halogens is 1. The van der Waals surface area contributed by atoms with Gasteiger partial charge in [0.2, 0.25) is 0 Å². The molecule has 7 nitrogen and oxygen atoms in total. The predicted octanol–water partition coefficient (Wildman–Crippen LogP) is -0.305. The van der Waals surface area contributed by atoms with Crippen molar-refractivity contribution < 1.29 is 10.2 Å². The molecule has 1 aromatic carbocycles. The molecule has 2 aromatic rings. The first kappa shape index (κ1) is 13.7. The van der Waals surface area contributed by atoms with Gasteiger partial charge >= 0.3 is 11.4 Å². The summed E-state index contributed by atoms with van der Waals surface area (Å²) >= 11 is 3.30. The van der Waals surface area contributed by atoms with Crippen molar-refractivity contribution >= 4 is 15.9 Å². The van der Waals surface area contributed by atoms with Crippen molar-refractivity contribution in [1.29, 1.82) is 0 Å². The van der Waals surface area contributed by atoms with Crippen LogP contribution in [0.3, 0.4) is 0 Å². The Bertz CT molecular complexity index is 897. The van der Waals surface area contributed by atoms with E-state index in [1.807, 2.05) is 0 Å². The monoisotopic (exact) mass is 365 g/mol. The van der Waals surface area contributed by atoms with Gasteiger partial charge in [-0.2, -0.15) is 0 Å². The quantitative estimate of drug-likeness (QED) is 0.536. The molecule has 2 N–H and O–H groups in total. The van der Waals surface area contributed by atoms with Gasteiger partial charge in [-0.1, -0.05) is 40.2 Å². The van der Waals surface area contributed by atoms with Crippen molar-refractivity contribution in [1.82, 2.24) is 13.9 Å². The highest BCUT2D eigenvalue weighted by Gasteiger charge is 2.54. The molecule has 8 heteroatoms. The van der Waals surface area contributed by atoms with Crippen molar-refractivity contribution in [3.8, 4) is 5.69 Å². The molecule has 114 valence electrons. The summed E-state index contributed by atoms with van der Waals surface area (Å²) in [5, 5.41) is 20.4. The standard InChI is InChI=1S/C14H12BrN3O4/c15-14-7-6-9(10(19)11(14)20)17-12(21)16(13(22)18(14)17)8-4-2-1-3-5-8/h1-7,9-11,19-20H/t9-,10-,11-,14+/m1/s1. The number of aliphatic hydroxyl groups excluding tert-OH is 2. The number of aliphatic hydroxyl groups is 2. The third-order valence-electron chi connectivity index (χ3n) is 4.21. The van der Waals surface area contributed by atoms with E-state index >= 15 is 0 Å². The Kier molecular flexibility index (Phi) is 2.69. The zero-order valence-corrected chi connectivity index (χ0v) is 12.8. The molecule has 1 aliphatic carbocycles.